The fourth-order valence-electron chi connectivity index (χ4n) is 3.27. The Morgan fingerprint density at radius 1 is 1.05 bits per heavy atom. The maximum absolute atomic E-state index is 10.9. The quantitative estimate of drug-likeness (QED) is 0.832. The third-order valence-electron chi connectivity index (χ3n) is 4.34. The molecule has 0 radical (unpaired) electrons. The maximum atomic E-state index is 10.9. The first-order chi connectivity index (χ1) is 9.66. The van der Waals surface area contributed by atoms with Gasteiger partial charge in [-0.05, 0) is 36.8 Å². The van der Waals surface area contributed by atoms with E-state index >= 15 is 0 Å². The molecule has 2 aromatic rings. The van der Waals surface area contributed by atoms with Gasteiger partial charge in [0.2, 0.25) is 0 Å². The summed E-state index contributed by atoms with van der Waals surface area (Å²) in [4.78, 5) is 0. The minimum Gasteiger partial charge on any atom is -0.386 e. The van der Waals surface area contributed by atoms with Crippen LogP contribution in [0.1, 0.15) is 17.5 Å². The maximum Gasteiger partial charge on any atom is 0.148 e. The molecule has 20 heavy (non-hydrogen) atoms. The molecule has 0 amide bonds. The molecule has 2 aromatic carbocycles. The third kappa shape index (κ3) is 2.99. The summed E-state index contributed by atoms with van der Waals surface area (Å²) in [5.41, 5.74) is 1.79. The summed E-state index contributed by atoms with van der Waals surface area (Å²) in [5.74, 6) is 0. The zero-order valence-electron chi connectivity index (χ0n) is 11.4. The number of hydrogen-bond acceptors (Lipinski definition) is 1. The van der Waals surface area contributed by atoms with Crippen molar-refractivity contribution in [2.45, 2.75) is 31.0 Å². The molecule has 1 saturated heterocycles. The largest absolute Gasteiger partial charge is 0.386 e. The summed E-state index contributed by atoms with van der Waals surface area (Å²) in [6.45, 7) is 0.575. The molecule has 3 rings (SSSR count). The van der Waals surface area contributed by atoms with E-state index in [1.54, 1.807) is 0 Å². The summed E-state index contributed by atoms with van der Waals surface area (Å²) in [6.07, 6.45) is 3.90. The SMILES string of the molecule is OC1(c2ccc(Br)cc2)CCB(Cc2ccccc2)C1. The van der Waals surface area contributed by atoms with E-state index in [2.05, 4.69) is 46.3 Å². The zero-order chi connectivity index (χ0) is 14.0. The highest BCUT2D eigenvalue weighted by Crippen LogP contribution is 2.40. The Hall–Kier alpha value is -1.06. The zero-order valence-corrected chi connectivity index (χ0v) is 13.0. The van der Waals surface area contributed by atoms with Crippen LogP contribution >= 0.6 is 15.9 Å². The van der Waals surface area contributed by atoms with E-state index in [4.69, 9.17) is 0 Å². The molecule has 0 saturated carbocycles. The molecule has 1 fully saturated rings. The van der Waals surface area contributed by atoms with Crippen LogP contribution in [0, 0.1) is 0 Å². The summed E-state index contributed by atoms with van der Waals surface area (Å²) >= 11 is 3.45. The van der Waals surface area contributed by atoms with Crippen molar-refractivity contribution in [2.24, 2.45) is 0 Å². The molecule has 1 heterocycles. The minimum absolute atomic E-state index is 0.575. The van der Waals surface area contributed by atoms with Crippen molar-refractivity contribution >= 4 is 22.6 Å². The molecule has 0 aromatic heterocycles. The number of halogens is 1. The Balaban J connectivity index is 1.71. The molecule has 3 heteroatoms. The van der Waals surface area contributed by atoms with Crippen LogP contribution in [0.25, 0.3) is 0 Å². The lowest BCUT2D eigenvalue weighted by Gasteiger charge is -2.23. The van der Waals surface area contributed by atoms with Crippen molar-refractivity contribution < 1.29 is 5.11 Å². The van der Waals surface area contributed by atoms with E-state index in [1.165, 1.54) is 5.56 Å². The lowest BCUT2D eigenvalue weighted by Crippen LogP contribution is -2.23. The van der Waals surface area contributed by atoms with Crippen LogP contribution < -0.4 is 0 Å². The Morgan fingerprint density at radius 2 is 1.75 bits per heavy atom. The lowest BCUT2D eigenvalue weighted by atomic mass is 9.44. The smallest absolute Gasteiger partial charge is 0.148 e. The monoisotopic (exact) mass is 328 g/mol. The van der Waals surface area contributed by atoms with E-state index in [1.807, 2.05) is 24.3 Å². The van der Waals surface area contributed by atoms with Gasteiger partial charge in [-0.3, -0.25) is 0 Å². The highest BCUT2D eigenvalue weighted by molar-refractivity contribution is 9.10. The van der Waals surface area contributed by atoms with Gasteiger partial charge in [0, 0.05) is 4.47 Å². The van der Waals surface area contributed by atoms with E-state index in [0.717, 1.165) is 35.4 Å². The Kier molecular flexibility index (Phi) is 4.00. The van der Waals surface area contributed by atoms with Crippen LogP contribution in [-0.4, -0.2) is 11.8 Å². The van der Waals surface area contributed by atoms with Crippen molar-refractivity contribution in [3.05, 3.63) is 70.2 Å². The van der Waals surface area contributed by atoms with Gasteiger partial charge in [0.25, 0.3) is 0 Å². The number of aliphatic hydroxyl groups is 1. The number of benzene rings is 2. The lowest BCUT2D eigenvalue weighted by molar-refractivity contribution is 0.0616. The molecule has 0 spiro atoms. The average molecular weight is 329 g/mol. The second-order valence-electron chi connectivity index (χ2n) is 5.84. The van der Waals surface area contributed by atoms with Gasteiger partial charge in [0.05, 0.1) is 5.60 Å². The highest BCUT2D eigenvalue weighted by Gasteiger charge is 2.40. The van der Waals surface area contributed by atoms with E-state index in [-0.39, 0.29) is 0 Å². The number of hydrogen-bond donors (Lipinski definition) is 1. The first-order valence-corrected chi connectivity index (χ1v) is 7.97. The van der Waals surface area contributed by atoms with Gasteiger partial charge in [-0.15, -0.1) is 0 Å². The first kappa shape index (κ1) is 13.9. The molecule has 102 valence electrons. The van der Waals surface area contributed by atoms with Gasteiger partial charge in [-0.1, -0.05) is 70.3 Å². The highest BCUT2D eigenvalue weighted by atomic mass is 79.9. The molecule has 1 N–H and O–H groups in total. The van der Waals surface area contributed by atoms with Crippen molar-refractivity contribution in [2.75, 3.05) is 0 Å². The molecule has 1 aliphatic heterocycles. The number of rotatable bonds is 3. The van der Waals surface area contributed by atoms with E-state index < -0.39 is 5.60 Å². The Morgan fingerprint density at radius 3 is 2.45 bits per heavy atom. The van der Waals surface area contributed by atoms with Crippen molar-refractivity contribution in [1.82, 2.24) is 0 Å². The minimum atomic E-state index is -0.639. The van der Waals surface area contributed by atoms with Crippen LogP contribution in [0.4, 0.5) is 0 Å². The van der Waals surface area contributed by atoms with Gasteiger partial charge in [0.15, 0.2) is 0 Å². The predicted octanol–water partition coefficient (Wildman–Crippen LogP) is 4.32. The van der Waals surface area contributed by atoms with E-state index in [0.29, 0.717) is 6.71 Å². The topological polar surface area (TPSA) is 20.2 Å². The average Bonchev–Trinajstić information content (AvgIpc) is 2.83. The predicted molar refractivity (Wildman–Crippen MR) is 88.2 cm³/mol. The fraction of sp³-hybridized carbons (Fsp3) is 0.294. The molecule has 1 unspecified atom stereocenters. The van der Waals surface area contributed by atoms with Crippen molar-refractivity contribution in [3.8, 4) is 0 Å². The van der Waals surface area contributed by atoms with Gasteiger partial charge >= 0.3 is 0 Å². The van der Waals surface area contributed by atoms with Crippen LogP contribution in [0.2, 0.25) is 12.6 Å². The normalized spacial score (nSPS) is 22.2. The van der Waals surface area contributed by atoms with Gasteiger partial charge < -0.3 is 5.11 Å². The summed E-state index contributed by atoms with van der Waals surface area (Å²) in [7, 11) is 0. The fourth-order valence-corrected chi connectivity index (χ4v) is 3.53. The molecular formula is C17H18BBrO. The molecule has 0 aliphatic carbocycles. The second kappa shape index (κ2) is 5.75. The Labute approximate surface area is 129 Å². The summed E-state index contributed by atoms with van der Waals surface area (Å²) < 4.78 is 1.06. The van der Waals surface area contributed by atoms with Gasteiger partial charge in [0.1, 0.15) is 6.71 Å². The molecule has 1 nitrogen and oxygen atoms in total. The van der Waals surface area contributed by atoms with Crippen LogP contribution in [0.15, 0.2) is 59.1 Å². The van der Waals surface area contributed by atoms with E-state index in [9.17, 15) is 5.11 Å². The van der Waals surface area contributed by atoms with Crippen LogP contribution in [0.5, 0.6) is 0 Å². The molecule has 1 atom stereocenters. The molecular weight excluding hydrogens is 311 g/mol. The van der Waals surface area contributed by atoms with Crippen LogP contribution in [0.3, 0.4) is 0 Å². The van der Waals surface area contributed by atoms with Gasteiger partial charge in [-0.25, -0.2) is 0 Å². The second-order valence-corrected chi connectivity index (χ2v) is 6.75. The Bertz CT molecular complexity index is 569. The van der Waals surface area contributed by atoms with Crippen molar-refractivity contribution in [3.63, 3.8) is 0 Å². The first-order valence-electron chi connectivity index (χ1n) is 7.18. The van der Waals surface area contributed by atoms with Crippen molar-refractivity contribution in [1.29, 1.82) is 0 Å². The molecule has 1 aliphatic rings. The van der Waals surface area contributed by atoms with Gasteiger partial charge in [-0.2, -0.15) is 0 Å². The molecule has 0 bridgehead atoms. The van der Waals surface area contributed by atoms with Crippen LogP contribution in [-0.2, 0) is 11.9 Å². The third-order valence-corrected chi connectivity index (χ3v) is 4.87. The summed E-state index contributed by atoms with van der Waals surface area (Å²) in [6, 6.07) is 18.7. The standard InChI is InChI=1S/C17H18BBrO/c19-16-8-6-15(7-9-16)17(20)10-11-18(13-17)12-14-4-2-1-3-5-14/h1-9,20H,10-13H2. The summed E-state index contributed by atoms with van der Waals surface area (Å²) in [5, 5.41) is 10.9.